The maximum absolute atomic E-state index is 14.2. The number of carbonyl (C=O) groups is 2. The molecule has 2 fully saturated rings. The zero-order chi connectivity index (χ0) is 35.8. The summed E-state index contributed by atoms with van der Waals surface area (Å²) in [6.07, 6.45) is 3.07. The van der Waals surface area contributed by atoms with Gasteiger partial charge in [-0.25, -0.2) is 0 Å². The van der Waals surface area contributed by atoms with Crippen molar-refractivity contribution in [1.29, 1.82) is 0 Å². The predicted molar refractivity (Wildman–Crippen MR) is 205 cm³/mol. The third-order valence-corrected chi connectivity index (χ3v) is 10.8. The number of nitrogens with zero attached hydrogens (tertiary/aromatic N) is 1. The van der Waals surface area contributed by atoms with Gasteiger partial charge in [-0.2, -0.15) is 0 Å². The van der Waals surface area contributed by atoms with Gasteiger partial charge >= 0.3 is 7.12 Å². The number of nitrogens with one attached hydrogen (secondary N) is 1. The summed E-state index contributed by atoms with van der Waals surface area (Å²) in [6.45, 7) is -0.257. The molecule has 2 heterocycles. The van der Waals surface area contributed by atoms with Crippen LogP contribution in [0.15, 0.2) is 132 Å². The lowest BCUT2D eigenvalue weighted by Gasteiger charge is -2.43. The van der Waals surface area contributed by atoms with Gasteiger partial charge < -0.3 is 25.2 Å². The zero-order valence-electron chi connectivity index (χ0n) is 28.6. The predicted octanol–water partition coefficient (Wildman–Crippen LogP) is 7.60. The van der Waals surface area contributed by atoms with Crippen molar-refractivity contribution < 1.29 is 29.5 Å². The fourth-order valence-corrected chi connectivity index (χ4v) is 8.41. The number of benzene rings is 5. The Bertz CT molecular complexity index is 2190. The smallest absolute Gasteiger partial charge is 0.455 e. The summed E-state index contributed by atoms with van der Waals surface area (Å²) < 4.78 is 6.20. The van der Waals surface area contributed by atoms with Gasteiger partial charge in [-0.3, -0.25) is 14.5 Å². The summed E-state index contributed by atoms with van der Waals surface area (Å²) >= 11 is 0. The van der Waals surface area contributed by atoms with Crippen molar-refractivity contribution in [2.75, 3.05) is 16.8 Å². The van der Waals surface area contributed by atoms with E-state index in [1.807, 2.05) is 91.0 Å². The Morgan fingerprint density at radius 3 is 2.21 bits per heavy atom. The second-order valence-electron chi connectivity index (χ2n) is 13.8. The van der Waals surface area contributed by atoms with Gasteiger partial charge in [-0.15, -0.1) is 0 Å². The summed E-state index contributed by atoms with van der Waals surface area (Å²) in [6, 6.07) is 38.4. The molecule has 0 aromatic heterocycles. The molecule has 0 bridgehead atoms. The first kappa shape index (κ1) is 33.7. The number of aromatic hydroxyl groups is 1. The van der Waals surface area contributed by atoms with Gasteiger partial charge in [0.1, 0.15) is 5.75 Å². The van der Waals surface area contributed by atoms with E-state index < -0.39 is 31.0 Å². The summed E-state index contributed by atoms with van der Waals surface area (Å²) in [5.74, 6) is -2.07. The van der Waals surface area contributed by atoms with E-state index in [9.17, 15) is 24.8 Å². The molecule has 5 aromatic carbocycles. The first-order chi connectivity index (χ1) is 25.4. The molecule has 8 nitrogen and oxygen atoms in total. The summed E-state index contributed by atoms with van der Waals surface area (Å²) in [7, 11) is -1.12. The van der Waals surface area contributed by atoms with Crippen molar-refractivity contribution in [3.63, 3.8) is 0 Å². The molecule has 52 heavy (non-hydrogen) atoms. The van der Waals surface area contributed by atoms with Gasteiger partial charge in [0.15, 0.2) is 0 Å². The largest absolute Gasteiger partial charge is 0.507 e. The molecular formula is C43H39BN2O6. The molecule has 2 aliphatic heterocycles. The van der Waals surface area contributed by atoms with Gasteiger partial charge in [0.2, 0.25) is 11.8 Å². The Morgan fingerprint density at radius 1 is 0.808 bits per heavy atom. The highest BCUT2D eigenvalue weighted by atomic mass is 16.5. The van der Waals surface area contributed by atoms with E-state index >= 15 is 0 Å². The van der Waals surface area contributed by atoms with Crippen molar-refractivity contribution in [1.82, 2.24) is 0 Å². The number of para-hydroxylation sites is 1. The number of phenolic OH excluding ortho intramolecular Hbond substituents is 1. The molecule has 2 saturated heterocycles. The van der Waals surface area contributed by atoms with Crippen LogP contribution >= 0.6 is 0 Å². The second-order valence-corrected chi connectivity index (χ2v) is 13.8. The van der Waals surface area contributed by atoms with Gasteiger partial charge in [0.25, 0.3) is 0 Å². The van der Waals surface area contributed by atoms with Gasteiger partial charge in [-0.1, -0.05) is 84.9 Å². The van der Waals surface area contributed by atoms with E-state index in [1.54, 1.807) is 18.2 Å². The van der Waals surface area contributed by atoms with E-state index in [0.29, 0.717) is 24.1 Å². The third kappa shape index (κ3) is 6.32. The number of rotatable bonds is 9. The number of anilines is 3. The van der Waals surface area contributed by atoms with Crippen LogP contribution in [0, 0.1) is 17.8 Å². The Morgan fingerprint density at radius 2 is 1.48 bits per heavy atom. The van der Waals surface area contributed by atoms with Crippen LogP contribution < -0.4 is 10.2 Å². The fraction of sp³-hybridized carbons (Fsp3) is 0.209. The summed E-state index contributed by atoms with van der Waals surface area (Å²) in [5.41, 5.74) is 6.84. The number of hydrogen-bond acceptors (Lipinski definition) is 7. The normalized spacial score (nSPS) is 21.8. The Hall–Kier alpha value is -5.48. The van der Waals surface area contributed by atoms with Crippen LogP contribution in [-0.2, 0) is 14.2 Å². The minimum absolute atomic E-state index is 0.171. The van der Waals surface area contributed by atoms with Gasteiger partial charge in [0.05, 0.1) is 30.2 Å². The average Bonchev–Trinajstić information content (AvgIpc) is 3.43. The highest BCUT2D eigenvalue weighted by Crippen LogP contribution is 2.51. The van der Waals surface area contributed by atoms with E-state index in [-0.39, 0.29) is 36.9 Å². The number of carbonyl (C=O) groups excluding carboxylic acids is 2. The lowest BCUT2D eigenvalue weighted by Crippen LogP contribution is -2.46. The standard InChI is InChI=1S/C43H39BN2O6/c47-26-30-24-36-41(43(50)46(42(36)49)33-19-17-32(18-20-33)45-31-11-5-2-6-12-31)37-25-44(51)52-39(40(30)37)22-16-28(27-9-3-1-4-10-27)23-29-15-21-38(48)35-14-8-7-13-34(29)35/h1-15,17-21,23,36-37,39,41,45,47-48,51H,16,22,24-26H2/b28-23-/t36-,37+,39-,41-/m1/s1. The van der Waals surface area contributed by atoms with Crippen LogP contribution in [0.3, 0.4) is 0 Å². The third-order valence-electron chi connectivity index (χ3n) is 10.8. The lowest BCUT2D eigenvalue weighted by molar-refractivity contribution is -0.122. The minimum Gasteiger partial charge on any atom is -0.507 e. The van der Waals surface area contributed by atoms with Crippen LogP contribution in [0.4, 0.5) is 17.1 Å². The van der Waals surface area contributed by atoms with Crippen LogP contribution in [0.25, 0.3) is 22.4 Å². The molecule has 4 atom stereocenters. The molecule has 5 aromatic rings. The monoisotopic (exact) mass is 690 g/mol. The summed E-state index contributed by atoms with van der Waals surface area (Å²) in [5, 5.41) is 37.3. The Labute approximate surface area is 302 Å². The van der Waals surface area contributed by atoms with Gasteiger partial charge in [-0.05, 0) is 107 Å². The molecule has 260 valence electrons. The number of hydrogen-bond donors (Lipinski definition) is 4. The molecule has 3 aliphatic rings. The van der Waals surface area contributed by atoms with Crippen LogP contribution in [0.1, 0.15) is 30.4 Å². The molecule has 0 radical (unpaired) electrons. The Kier molecular flexibility index (Phi) is 9.24. The molecular weight excluding hydrogens is 651 g/mol. The quantitative estimate of drug-likeness (QED) is 0.0545. The number of aliphatic hydroxyl groups excluding tert-OH is 1. The second kappa shape index (κ2) is 14.3. The van der Waals surface area contributed by atoms with E-state index in [2.05, 4.69) is 23.5 Å². The molecule has 8 rings (SSSR count). The molecule has 1 aliphatic carbocycles. The molecule has 4 N–H and O–H groups in total. The Balaban J connectivity index is 1.07. The van der Waals surface area contributed by atoms with Crippen molar-refractivity contribution in [3.8, 4) is 5.75 Å². The molecule has 2 amide bonds. The number of aliphatic hydroxyl groups is 1. The summed E-state index contributed by atoms with van der Waals surface area (Å²) in [4.78, 5) is 29.5. The van der Waals surface area contributed by atoms with Crippen molar-refractivity contribution in [2.45, 2.75) is 31.7 Å². The number of fused-ring (bicyclic) bond motifs is 4. The van der Waals surface area contributed by atoms with Crippen molar-refractivity contribution >= 4 is 58.4 Å². The first-order valence-electron chi connectivity index (χ1n) is 17.8. The highest BCUT2D eigenvalue weighted by Gasteiger charge is 2.57. The maximum atomic E-state index is 14.2. The van der Waals surface area contributed by atoms with E-state index in [0.717, 1.165) is 44.4 Å². The minimum atomic E-state index is -1.12. The zero-order valence-corrected chi connectivity index (χ0v) is 28.6. The molecule has 9 heteroatoms. The van der Waals surface area contributed by atoms with E-state index in [4.69, 9.17) is 4.65 Å². The number of imide groups is 1. The fourth-order valence-electron chi connectivity index (χ4n) is 8.41. The topological polar surface area (TPSA) is 119 Å². The highest BCUT2D eigenvalue weighted by molar-refractivity contribution is 6.43. The SMILES string of the molecule is O=C1[C@@H]2[C@@H](CC(CO)=C3[C@@H](CC/C(=C/c4ccc(O)c5ccccc45)c4ccccc4)OB(O)C[C@@H]32)C(=O)N1c1ccc(Nc2ccccc2)cc1. The van der Waals surface area contributed by atoms with Crippen molar-refractivity contribution in [3.05, 3.63) is 144 Å². The molecule has 0 unspecified atom stereocenters. The average molecular weight is 691 g/mol. The number of allylic oxidation sites excluding steroid dienone is 1. The van der Waals surface area contributed by atoms with Gasteiger partial charge in [0, 0.05) is 16.8 Å². The first-order valence-corrected chi connectivity index (χ1v) is 17.8. The number of phenols is 1. The maximum Gasteiger partial charge on any atom is 0.455 e. The van der Waals surface area contributed by atoms with Crippen LogP contribution in [0.5, 0.6) is 5.75 Å². The van der Waals surface area contributed by atoms with Crippen LogP contribution in [0.2, 0.25) is 6.32 Å². The van der Waals surface area contributed by atoms with E-state index in [1.165, 1.54) is 4.90 Å². The lowest BCUT2D eigenvalue weighted by atomic mass is 9.58. The number of amides is 2. The van der Waals surface area contributed by atoms with Crippen LogP contribution in [-0.4, -0.2) is 46.9 Å². The van der Waals surface area contributed by atoms with Crippen molar-refractivity contribution in [2.24, 2.45) is 17.8 Å². The molecule has 0 spiro atoms. The molecule has 0 saturated carbocycles.